The van der Waals surface area contributed by atoms with Crippen LogP contribution in [-0.2, 0) is 6.61 Å². The highest BCUT2D eigenvalue weighted by Gasteiger charge is 2.14. The number of methoxy groups -OCH3 is 1. The topological polar surface area (TPSA) is 60.5 Å². The van der Waals surface area contributed by atoms with E-state index in [4.69, 9.17) is 21.1 Å². The molecule has 0 aliphatic heterocycles. The van der Waals surface area contributed by atoms with Crippen LogP contribution in [0.25, 0.3) is 10.6 Å². The first-order valence-corrected chi connectivity index (χ1v) is 10.9. The van der Waals surface area contributed by atoms with Crippen molar-refractivity contribution < 1.29 is 18.7 Å². The van der Waals surface area contributed by atoms with Crippen molar-refractivity contribution in [3.05, 3.63) is 94.2 Å². The molecule has 162 valence electrons. The maximum Gasteiger partial charge on any atom is 0.275 e. The van der Waals surface area contributed by atoms with Gasteiger partial charge in [-0.05, 0) is 54.1 Å². The summed E-state index contributed by atoms with van der Waals surface area (Å²) in [6.07, 6.45) is 0. The SMILES string of the molecule is COc1cc(-c2nc(C(=O)Nc3cccc(Cl)c3)cs2)ccc1OCc1cccc(F)c1. The second kappa shape index (κ2) is 9.80. The van der Waals surface area contributed by atoms with Crippen LogP contribution in [-0.4, -0.2) is 18.0 Å². The van der Waals surface area contributed by atoms with Crippen LogP contribution in [0.2, 0.25) is 5.02 Å². The minimum Gasteiger partial charge on any atom is -0.493 e. The molecular formula is C24H18ClFN2O3S. The van der Waals surface area contributed by atoms with Gasteiger partial charge in [0.2, 0.25) is 0 Å². The Labute approximate surface area is 193 Å². The molecule has 0 unspecified atom stereocenters. The van der Waals surface area contributed by atoms with Crippen LogP contribution in [0.4, 0.5) is 10.1 Å². The monoisotopic (exact) mass is 468 g/mol. The van der Waals surface area contributed by atoms with Gasteiger partial charge in [0.25, 0.3) is 5.91 Å². The summed E-state index contributed by atoms with van der Waals surface area (Å²) in [6, 6.07) is 18.5. The van der Waals surface area contributed by atoms with E-state index in [1.54, 1.807) is 61.0 Å². The lowest BCUT2D eigenvalue weighted by molar-refractivity contribution is 0.102. The Bertz CT molecular complexity index is 1260. The zero-order chi connectivity index (χ0) is 22.5. The van der Waals surface area contributed by atoms with Crippen molar-refractivity contribution in [1.82, 2.24) is 4.98 Å². The van der Waals surface area contributed by atoms with Crippen LogP contribution in [0.3, 0.4) is 0 Å². The van der Waals surface area contributed by atoms with Crippen LogP contribution >= 0.6 is 22.9 Å². The molecular weight excluding hydrogens is 451 g/mol. The molecule has 3 aromatic carbocycles. The van der Waals surface area contributed by atoms with Crippen molar-refractivity contribution in [2.24, 2.45) is 0 Å². The molecule has 1 amide bonds. The van der Waals surface area contributed by atoms with Crippen LogP contribution in [0.5, 0.6) is 11.5 Å². The third-order valence-corrected chi connectivity index (χ3v) is 5.64. The number of halogens is 2. The number of carbonyl (C=O) groups excluding carboxylic acids is 1. The summed E-state index contributed by atoms with van der Waals surface area (Å²) in [5.41, 5.74) is 2.40. The minimum absolute atomic E-state index is 0.207. The molecule has 1 N–H and O–H groups in total. The van der Waals surface area contributed by atoms with E-state index in [0.29, 0.717) is 38.5 Å². The third-order valence-electron chi connectivity index (χ3n) is 4.51. The van der Waals surface area contributed by atoms with E-state index in [9.17, 15) is 9.18 Å². The normalized spacial score (nSPS) is 10.6. The number of aromatic nitrogens is 1. The number of nitrogens with zero attached hydrogens (tertiary/aromatic N) is 1. The molecule has 0 aliphatic rings. The summed E-state index contributed by atoms with van der Waals surface area (Å²) in [5, 5.41) is 5.67. The van der Waals surface area contributed by atoms with E-state index in [0.717, 1.165) is 5.56 Å². The fraction of sp³-hybridized carbons (Fsp3) is 0.0833. The van der Waals surface area contributed by atoms with Gasteiger partial charge in [-0.25, -0.2) is 9.37 Å². The predicted octanol–water partition coefficient (Wildman–Crippen LogP) is 6.44. The molecule has 4 aromatic rings. The molecule has 0 radical (unpaired) electrons. The van der Waals surface area contributed by atoms with E-state index in [1.165, 1.54) is 23.5 Å². The molecule has 5 nitrogen and oxygen atoms in total. The lowest BCUT2D eigenvalue weighted by Crippen LogP contribution is -2.12. The smallest absolute Gasteiger partial charge is 0.275 e. The molecule has 0 atom stereocenters. The second-order valence-electron chi connectivity index (χ2n) is 6.79. The standard InChI is InChI=1S/C24H18ClFN2O3S/c1-30-22-11-16(8-9-21(22)31-13-15-4-2-6-18(26)10-15)24-28-20(14-32-24)23(29)27-19-7-3-5-17(25)12-19/h2-12,14H,13H2,1H3,(H,27,29). The average molecular weight is 469 g/mol. The Balaban J connectivity index is 1.48. The van der Waals surface area contributed by atoms with Gasteiger partial charge in [-0.2, -0.15) is 0 Å². The minimum atomic E-state index is -0.322. The average Bonchev–Trinajstić information content (AvgIpc) is 3.28. The Kier molecular flexibility index (Phi) is 6.68. The third kappa shape index (κ3) is 5.25. The largest absolute Gasteiger partial charge is 0.493 e. The van der Waals surface area contributed by atoms with E-state index < -0.39 is 0 Å². The van der Waals surface area contributed by atoms with Crippen molar-refractivity contribution in [3.63, 3.8) is 0 Å². The van der Waals surface area contributed by atoms with Gasteiger partial charge in [0.15, 0.2) is 11.5 Å². The number of rotatable bonds is 7. The molecule has 4 rings (SSSR count). The first-order chi connectivity index (χ1) is 15.5. The van der Waals surface area contributed by atoms with E-state index >= 15 is 0 Å². The fourth-order valence-corrected chi connectivity index (χ4v) is 3.97. The maximum absolute atomic E-state index is 13.4. The highest BCUT2D eigenvalue weighted by Crippen LogP contribution is 2.34. The molecule has 0 bridgehead atoms. The lowest BCUT2D eigenvalue weighted by Gasteiger charge is -2.12. The van der Waals surface area contributed by atoms with Crippen molar-refractivity contribution in [3.8, 4) is 22.1 Å². The molecule has 0 saturated heterocycles. The van der Waals surface area contributed by atoms with Gasteiger partial charge in [-0.1, -0.05) is 29.8 Å². The molecule has 1 aromatic heterocycles. The summed E-state index contributed by atoms with van der Waals surface area (Å²) in [7, 11) is 1.54. The van der Waals surface area contributed by atoms with Crippen molar-refractivity contribution in [1.29, 1.82) is 0 Å². The number of nitrogens with one attached hydrogen (secondary N) is 1. The molecule has 32 heavy (non-hydrogen) atoms. The van der Waals surface area contributed by atoms with Gasteiger partial charge in [-0.3, -0.25) is 4.79 Å². The number of thiazole rings is 1. The quantitative estimate of drug-likeness (QED) is 0.339. The van der Waals surface area contributed by atoms with Gasteiger partial charge in [0.1, 0.15) is 23.1 Å². The van der Waals surface area contributed by atoms with E-state index in [1.807, 2.05) is 6.07 Å². The Morgan fingerprint density at radius 3 is 2.72 bits per heavy atom. The zero-order valence-corrected chi connectivity index (χ0v) is 18.5. The van der Waals surface area contributed by atoms with Crippen LogP contribution < -0.4 is 14.8 Å². The second-order valence-corrected chi connectivity index (χ2v) is 8.08. The molecule has 8 heteroatoms. The number of hydrogen-bond acceptors (Lipinski definition) is 5. The highest BCUT2D eigenvalue weighted by molar-refractivity contribution is 7.13. The van der Waals surface area contributed by atoms with Crippen molar-refractivity contribution >= 4 is 34.5 Å². The number of amides is 1. The molecule has 0 spiro atoms. The number of anilines is 1. The Hall–Kier alpha value is -3.42. The van der Waals surface area contributed by atoms with E-state index in [-0.39, 0.29) is 18.3 Å². The van der Waals surface area contributed by atoms with Gasteiger partial charge < -0.3 is 14.8 Å². The molecule has 0 saturated carbocycles. The summed E-state index contributed by atoms with van der Waals surface area (Å²) in [5.74, 6) is 0.402. The summed E-state index contributed by atoms with van der Waals surface area (Å²) in [4.78, 5) is 17.0. The highest BCUT2D eigenvalue weighted by atomic mass is 35.5. The van der Waals surface area contributed by atoms with Gasteiger partial charge in [0, 0.05) is 21.7 Å². The number of benzene rings is 3. The van der Waals surface area contributed by atoms with Gasteiger partial charge >= 0.3 is 0 Å². The van der Waals surface area contributed by atoms with Crippen LogP contribution in [0.1, 0.15) is 16.1 Å². The number of ether oxygens (including phenoxy) is 2. The predicted molar refractivity (Wildman–Crippen MR) is 124 cm³/mol. The first-order valence-electron chi connectivity index (χ1n) is 9.60. The number of carbonyl (C=O) groups is 1. The van der Waals surface area contributed by atoms with Crippen LogP contribution in [0.15, 0.2) is 72.1 Å². The van der Waals surface area contributed by atoms with Crippen molar-refractivity contribution in [2.75, 3.05) is 12.4 Å². The maximum atomic E-state index is 13.4. The zero-order valence-electron chi connectivity index (χ0n) is 17.0. The fourth-order valence-electron chi connectivity index (χ4n) is 2.98. The first kappa shape index (κ1) is 21.8. The van der Waals surface area contributed by atoms with Crippen LogP contribution in [0, 0.1) is 5.82 Å². The molecule has 0 aliphatic carbocycles. The summed E-state index contributed by atoms with van der Waals surface area (Å²) < 4.78 is 24.6. The number of hydrogen-bond donors (Lipinski definition) is 1. The van der Waals surface area contributed by atoms with Gasteiger partial charge in [-0.15, -0.1) is 11.3 Å². The lowest BCUT2D eigenvalue weighted by atomic mass is 10.2. The summed E-state index contributed by atoms with van der Waals surface area (Å²) >= 11 is 7.31. The van der Waals surface area contributed by atoms with Crippen molar-refractivity contribution in [2.45, 2.75) is 6.61 Å². The van der Waals surface area contributed by atoms with Gasteiger partial charge in [0.05, 0.1) is 7.11 Å². The van der Waals surface area contributed by atoms with E-state index in [2.05, 4.69) is 10.3 Å². The Morgan fingerprint density at radius 1 is 1.09 bits per heavy atom. The molecule has 0 fully saturated rings. The summed E-state index contributed by atoms with van der Waals surface area (Å²) in [6.45, 7) is 0.207. The molecule has 1 heterocycles. The Morgan fingerprint density at radius 2 is 1.94 bits per heavy atom.